The fourth-order valence-corrected chi connectivity index (χ4v) is 15.4. The Balaban J connectivity index is 0.000000331. The minimum atomic E-state index is -1.14. The molecule has 0 radical (unpaired) electrons. The van der Waals surface area contributed by atoms with E-state index in [1.54, 1.807) is 42.5 Å². The second-order valence-corrected chi connectivity index (χ2v) is 68.7. The van der Waals surface area contributed by atoms with E-state index in [1.807, 2.05) is 131 Å². The van der Waals surface area contributed by atoms with Gasteiger partial charge in [0.05, 0.1) is 69.3 Å². The van der Waals surface area contributed by atoms with Crippen molar-refractivity contribution >= 4 is 201 Å². The molecule has 2 aliphatic heterocycles. The summed E-state index contributed by atoms with van der Waals surface area (Å²) >= 11 is 9.54. The number of carboxylic acid groups (broad SMARTS) is 3. The number of ether oxygens (including phenoxy) is 4. The predicted octanol–water partition coefficient (Wildman–Crippen LogP) is 22.8. The van der Waals surface area contributed by atoms with Crippen LogP contribution in [0.3, 0.4) is 0 Å². The number of aliphatic carboxylic acids is 1. The van der Waals surface area contributed by atoms with E-state index < -0.39 is 30.0 Å². The standard InChI is InChI=1S/C36H42N2O6.C35H36N2O4.C26H20O6.C5H13NO.CH3I.2CH4.FHO.3HI.V.H2/c1-21(2)30(19-39)37-35(42)28-15-12-24-8-6-7-9-26(24)33(28)34-27-14-10-23(11-17-32(41)44-5)18-25(27)13-16-29(34)36(43)38-31(20-40)22(3)4;1-20(2)29-18-40-34(36-29)27-14-11-23-7-5-6-8-25(23)32(27)33-26-13-9-22(10-16-31(38)39)17-24(26)12-15-28(33)35-37-30(19-41-35)21(3)4;1-32-22(27)13-7-15-6-10-19-17(14-15)9-12-21(26(30)31)24(19)23-18-5-3-2-4-16(18)8-11-20(23)25(28)29;1-4(2)5(6)3-7;1-2;;;1-2;;;;;/h6-10,12-16,18,21-22,30-31,39-40H,11,17,19-20H2,1-5H3,(H,37,42)(H,38,43);5-9,11-15,17,20-21,29-30H,10,16,18-19H2,1-4H3,(H,38,39);2-6,8-12,14H,7,13H2,1H3,(H,28,29)(H,30,31);4-5,7H,3,6H2,1-2H3;1H3;2*1H4;2H;3*1H;;1H/q;;;;;;;;;;;+3;/p-3/t30-,31-;29-,30-;;5-;;;;;;;;;/m11.1........./s1/i;;;;;;;;;;;;1+2. The second kappa shape index (κ2) is 55.2. The van der Waals surface area contributed by atoms with Crippen molar-refractivity contribution in [2.75, 3.05) is 52.2 Å². The van der Waals surface area contributed by atoms with Crippen LogP contribution in [-0.2, 0) is 57.5 Å². The number of alkyl halides is 1. The zero-order chi connectivity index (χ0) is 96.9. The molecule has 2 aliphatic rings. The number of hydrogen-bond donors (Lipinski definition) is 10. The Morgan fingerprint density at radius 1 is 0.425 bits per heavy atom. The van der Waals surface area contributed by atoms with Crippen molar-refractivity contribution in [3.8, 4) is 33.4 Å². The molecular formula is C105H125FI4N5O18V. The molecule has 12 aromatic carbocycles. The summed E-state index contributed by atoms with van der Waals surface area (Å²) < 4.78 is 30.5. The van der Waals surface area contributed by atoms with E-state index in [2.05, 4.69) is 182 Å². The van der Waals surface area contributed by atoms with Crippen LogP contribution in [0.2, 0.25) is 0 Å². The summed E-state index contributed by atoms with van der Waals surface area (Å²) in [7, 11) is 2.71. The average molecular weight is 2320 g/mol. The quantitative estimate of drug-likeness (QED) is 0.0124. The van der Waals surface area contributed by atoms with Crippen molar-refractivity contribution < 1.29 is 99.3 Å². The molecule has 0 unspecified atom stereocenters. The SMILES string of the molecule is C.C.CC(C)[C@H](N)CO.CC(C)[C@H]1COC(c2ccc3ccccc3c2-c2c(C3=N[C@@H](C(C)C)CO3)ccc3cc(CCC(=O)O)ccc23)=N1.CI.COC(=O)CCc1ccc2c(-c3c(C(=O)N[C@H](CO)C(C)C)ccc4ccccc34)c(C(=O)N[C@H](CO)C(C)C)ccc2c1.COC(=O)CCc1ccc2c(-c3c(C(=O)O)ccc4ccccc34)c(C(=O)O)ccc2c1.OF.[3HH].[I][V]([I])[I]. The van der Waals surface area contributed by atoms with Gasteiger partial charge in [-0.3, -0.25) is 24.0 Å². The number of carboxylic acids is 3. The molecule has 14 rings (SSSR count). The number of carbonyl (C=O) groups excluding carboxylic acids is 4. The molecule has 0 saturated carbocycles. The summed E-state index contributed by atoms with van der Waals surface area (Å²) in [5.74, 6) is -1.93. The molecule has 2 heterocycles. The number of methoxy groups -OCH3 is 2. The van der Waals surface area contributed by atoms with Crippen LogP contribution in [-0.4, -0.2) is 172 Å². The van der Waals surface area contributed by atoms with E-state index in [9.17, 15) is 59.1 Å². The first-order valence-corrected chi connectivity index (χ1v) is 58.9. The van der Waals surface area contributed by atoms with E-state index in [-0.39, 0.29) is 125 Å². The Labute approximate surface area is 836 Å². The van der Waals surface area contributed by atoms with E-state index in [4.69, 9.17) is 49.6 Å². The van der Waals surface area contributed by atoms with E-state index in [0.29, 0.717) is 106 Å². The fourth-order valence-electron chi connectivity index (χ4n) is 15.4. The first-order valence-electron chi connectivity index (χ1n) is 43.2. The van der Waals surface area contributed by atoms with E-state index >= 15 is 0 Å². The van der Waals surface area contributed by atoms with Crippen molar-refractivity contribution in [1.29, 1.82) is 0 Å². The molecule has 0 aliphatic carbocycles. The van der Waals surface area contributed by atoms with Gasteiger partial charge >= 0.3 is 94.7 Å². The zero-order valence-electron chi connectivity index (χ0n) is 76.0. The number of rotatable bonds is 28. The van der Waals surface area contributed by atoms with Gasteiger partial charge in [-0.25, -0.2) is 24.9 Å². The van der Waals surface area contributed by atoms with Crippen molar-refractivity contribution in [3.05, 3.63) is 250 Å². The monoisotopic (exact) mass is 2320 g/mol. The Morgan fingerprint density at radius 3 is 1.01 bits per heavy atom. The van der Waals surface area contributed by atoms with Crippen molar-refractivity contribution in [3.63, 3.8) is 0 Å². The molecule has 0 spiro atoms. The minimum absolute atomic E-state index is 0. The molecule has 134 heavy (non-hydrogen) atoms. The van der Waals surface area contributed by atoms with Gasteiger partial charge in [0.1, 0.15) is 13.2 Å². The van der Waals surface area contributed by atoms with Crippen LogP contribution in [0.5, 0.6) is 0 Å². The number of carbonyl (C=O) groups is 7. The third-order valence-corrected chi connectivity index (χ3v) is 23.1. The van der Waals surface area contributed by atoms with Gasteiger partial charge in [0.25, 0.3) is 11.8 Å². The van der Waals surface area contributed by atoms with Gasteiger partial charge in [-0.1, -0.05) is 275 Å². The molecule has 11 N–H and O–H groups in total. The van der Waals surface area contributed by atoms with Crippen molar-refractivity contribution in [2.24, 2.45) is 45.3 Å². The molecule has 5 atom stereocenters. The van der Waals surface area contributed by atoms with Gasteiger partial charge in [0.2, 0.25) is 11.8 Å². The number of fused-ring (bicyclic) bond motifs is 6. The molecule has 12 aromatic rings. The van der Waals surface area contributed by atoms with Crippen LogP contribution in [0.25, 0.3) is 98.0 Å². The summed E-state index contributed by atoms with van der Waals surface area (Å²) in [5, 5.41) is 79.3. The number of aliphatic hydroxyl groups is 3. The molecule has 0 aromatic heterocycles. The third-order valence-electron chi connectivity index (χ3n) is 23.1. The molecule has 0 bridgehead atoms. The van der Waals surface area contributed by atoms with Crippen LogP contribution < -0.4 is 16.4 Å². The van der Waals surface area contributed by atoms with Crippen LogP contribution in [0.4, 0.5) is 4.53 Å². The zero-order valence-corrected chi connectivity index (χ0v) is 86.1. The van der Waals surface area contributed by atoms with Crippen LogP contribution in [0, 0.1) is 29.6 Å². The number of nitrogens with one attached hydrogen (secondary N) is 2. The number of aryl methyl sites for hydroxylation is 3. The number of aliphatic hydroxyl groups excluding tert-OH is 3. The molecule has 29 heteroatoms. The Morgan fingerprint density at radius 2 is 0.716 bits per heavy atom. The molecule has 718 valence electrons. The van der Waals surface area contributed by atoms with Gasteiger partial charge in [-0.15, -0.1) is 0 Å². The maximum atomic E-state index is 14.0. The van der Waals surface area contributed by atoms with Gasteiger partial charge in [-0.2, -0.15) is 0 Å². The van der Waals surface area contributed by atoms with Gasteiger partial charge < -0.3 is 66.0 Å². The number of nitrogens with zero attached hydrogens (tertiary/aromatic N) is 2. The Kier molecular flexibility index (Phi) is 46.7. The first kappa shape index (κ1) is 113. The first-order chi connectivity index (χ1) is 63.2. The molecule has 0 saturated heterocycles. The van der Waals surface area contributed by atoms with Crippen LogP contribution in [0.15, 0.2) is 210 Å². The summed E-state index contributed by atoms with van der Waals surface area (Å²) in [5.41, 5.74) is 14.9. The summed E-state index contributed by atoms with van der Waals surface area (Å²) in [6.45, 7) is 21.2. The summed E-state index contributed by atoms with van der Waals surface area (Å²) in [6, 6.07) is 62.4. The predicted molar refractivity (Wildman–Crippen MR) is 571 cm³/mol. The molecule has 0 fully saturated rings. The molecular weight excluding hydrogens is 2200 g/mol. The van der Waals surface area contributed by atoms with Crippen LogP contribution in [0.1, 0.15) is 174 Å². The van der Waals surface area contributed by atoms with E-state index in [1.165, 1.54) is 26.4 Å². The number of benzene rings is 12. The Hall–Kier alpha value is -9.34. The maximum absolute atomic E-state index is 14.0. The normalized spacial score (nSPS) is 13.6. The van der Waals surface area contributed by atoms with Gasteiger partial charge in [0, 0.05) is 82.4 Å². The van der Waals surface area contributed by atoms with Crippen molar-refractivity contribution in [2.45, 2.75) is 153 Å². The number of amides is 2. The number of aliphatic imine (C=N–C) groups is 2. The van der Waals surface area contributed by atoms with Gasteiger partial charge in [-0.05, 0) is 172 Å². The Bertz CT molecular complexity index is 6140. The van der Waals surface area contributed by atoms with E-state index in [0.717, 1.165) is 92.8 Å². The average Bonchev–Trinajstić information content (AvgIpc) is 1.70. The molecule has 23 nitrogen and oxygen atoms in total. The number of esters is 2. The number of nitrogens with two attached hydrogens (primary N) is 1. The summed E-state index contributed by atoms with van der Waals surface area (Å²) in [6.07, 6.45) is 2.02. The second-order valence-electron chi connectivity index (χ2n) is 33.3. The van der Waals surface area contributed by atoms with Crippen LogP contribution >= 0.6 is 82.5 Å². The molecule has 2 amide bonds. The fraction of sp³-hybridized carbons (Fsp3) is 0.343. The van der Waals surface area contributed by atoms with Crippen molar-refractivity contribution in [1.82, 2.24) is 10.6 Å². The summed E-state index contributed by atoms with van der Waals surface area (Å²) in [4.78, 5) is 98.4. The number of aromatic carboxylic acids is 2. The number of halogens is 5. The van der Waals surface area contributed by atoms with Gasteiger partial charge in [0.15, 0.2) is 0 Å². The topological polar surface area (TPSA) is 373 Å². The number of hydrogen-bond acceptors (Lipinski definition) is 18. The third kappa shape index (κ3) is 29.6.